The molecular formula is C16H20F3N3O6S2. The molecule has 30 heavy (non-hydrogen) atoms. The summed E-state index contributed by atoms with van der Waals surface area (Å²) in [5, 5.41) is -0.827. The van der Waals surface area contributed by atoms with Crippen molar-refractivity contribution in [2.75, 3.05) is 18.1 Å². The first kappa shape index (κ1) is 22.7. The minimum absolute atomic E-state index is 0.297. The zero-order chi connectivity index (χ0) is 22.3. The van der Waals surface area contributed by atoms with E-state index >= 15 is 0 Å². The summed E-state index contributed by atoms with van der Waals surface area (Å²) in [4.78, 5) is 11.7. The number of ether oxygens (including phenoxy) is 1. The maximum Gasteiger partial charge on any atom is 0.453 e. The van der Waals surface area contributed by atoms with Crippen molar-refractivity contribution in [2.24, 2.45) is 0 Å². The van der Waals surface area contributed by atoms with Crippen LogP contribution in [0.1, 0.15) is 38.9 Å². The van der Waals surface area contributed by atoms with Gasteiger partial charge in [-0.1, -0.05) is 13.8 Å². The monoisotopic (exact) mass is 471 g/mol. The summed E-state index contributed by atoms with van der Waals surface area (Å²) in [7, 11) is -8.31. The molecule has 0 N–H and O–H groups in total. The molecule has 0 bridgehead atoms. The van der Waals surface area contributed by atoms with Gasteiger partial charge < -0.3 is 9.57 Å². The highest BCUT2D eigenvalue weighted by atomic mass is 32.2. The molecule has 9 nitrogen and oxygen atoms in total. The molecule has 3 rings (SSSR count). The van der Waals surface area contributed by atoms with Crippen LogP contribution in [0.2, 0.25) is 0 Å². The van der Waals surface area contributed by atoms with Crippen molar-refractivity contribution < 1.29 is 39.6 Å². The van der Waals surface area contributed by atoms with Gasteiger partial charge >= 0.3 is 6.18 Å². The number of nitrogens with zero attached hydrogens (tertiary/aromatic N) is 3. The zero-order valence-corrected chi connectivity index (χ0v) is 17.8. The van der Waals surface area contributed by atoms with Crippen molar-refractivity contribution in [2.45, 2.75) is 55.5 Å². The van der Waals surface area contributed by atoms with Crippen LogP contribution in [-0.2, 0) is 30.6 Å². The summed E-state index contributed by atoms with van der Waals surface area (Å²) in [6.45, 7) is 2.85. The second-order valence-electron chi connectivity index (χ2n) is 6.57. The molecule has 1 saturated heterocycles. The summed E-state index contributed by atoms with van der Waals surface area (Å²) in [6, 6.07) is 0.814. The largest absolute Gasteiger partial charge is 0.453 e. The predicted octanol–water partition coefficient (Wildman–Crippen LogP) is 1.99. The van der Waals surface area contributed by atoms with E-state index in [2.05, 4.69) is 9.97 Å². The Morgan fingerprint density at radius 2 is 1.80 bits per heavy atom. The molecule has 0 aliphatic carbocycles. The van der Waals surface area contributed by atoms with Crippen LogP contribution in [0.5, 0.6) is 0 Å². The van der Waals surface area contributed by atoms with Crippen molar-refractivity contribution in [3.63, 3.8) is 0 Å². The maximum absolute atomic E-state index is 13.6. The van der Waals surface area contributed by atoms with Gasteiger partial charge in [-0.2, -0.15) is 17.9 Å². The number of rotatable bonds is 6. The summed E-state index contributed by atoms with van der Waals surface area (Å²) in [5.41, 5.74) is -1.02. The molecule has 1 aliphatic heterocycles. The number of hydrogen-bond donors (Lipinski definition) is 0. The molecule has 0 radical (unpaired) electrons. The van der Waals surface area contributed by atoms with E-state index in [-0.39, 0.29) is 0 Å². The lowest BCUT2D eigenvalue weighted by molar-refractivity contribution is -0.190. The smallest absolute Gasteiger partial charge is 0.380 e. The number of hydrogen-bond acceptors (Lipinski definition) is 8. The van der Waals surface area contributed by atoms with Gasteiger partial charge in [-0.25, -0.2) is 26.8 Å². The highest BCUT2D eigenvalue weighted by molar-refractivity contribution is 7.94. The molecule has 2 aromatic heterocycles. The molecule has 1 unspecified atom stereocenters. The Morgan fingerprint density at radius 1 is 1.13 bits per heavy atom. The number of pyridine rings is 1. The van der Waals surface area contributed by atoms with E-state index in [4.69, 9.17) is 9.57 Å². The van der Waals surface area contributed by atoms with Gasteiger partial charge in [0, 0.05) is 6.42 Å². The van der Waals surface area contributed by atoms with E-state index in [1.54, 1.807) is 0 Å². The van der Waals surface area contributed by atoms with Crippen molar-refractivity contribution in [1.29, 1.82) is 0 Å². The van der Waals surface area contributed by atoms with Crippen molar-refractivity contribution in [3.8, 4) is 0 Å². The molecule has 2 aromatic rings. The van der Waals surface area contributed by atoms with Crippen LogP contribution in [-0.4, -0.2) is 55.9 Å². The number of aromatic nitrogens is 3. The summed E-state index contributed by atoms with van der Waals surface area (Å²) < 4.78 is 96.2. The third-order valence-corrected chi connectivity index (χ3v) is 8.07. The van der Waals surface area contributed by atoms with Crippen LogP contribution in [0.15, 0.2) is 16.0 Å². The predicted molar refractivity (Wildman–Crippen MR) is 98.2 cm³/mol. The van der Waals surface area contributed by atoms with E-state index in [1.807, 2.05) is 0 Å². The number of imidazole rings is 1. The minimum atomic E-state index is -4.97. The third kappa shape index (κ3) is 4.25. The Morgan fingerprint density at radius 3 is 2.33 bits per heavy atom. The van der Waals surface area contributed by atoms with Gasteiger partial charge in [0.25, 0.3) is 5.82 Å². The maximum atomic E-state index is 13.6. The Balaban J connectivity index is 2.32. The van der Waals surface area contributed by atoms with Gasteiger partial charge in [0.05, 0.1) is 18.1 Å². The molecule has 0 spiro atoms. The van der Waals surface area contributed by atoms with E-state index in [0.717, 1.165) is 12.5 Å². The molecule has 0 aromatic carbocycles. The van der Waals surface area contributed by atoms with E-state index in [1.165, 1.54) is 13.8 Å². The molecule has 168 valence electrons. The van der Waals surface area contributed by atoms with Crippen LogP contribution in [0.3, 0.4) is 0 Å². The first-order valence-corrected chi connectivity index (χ1v) is 12.5. The molecule has 1 aliphatic rings. The number of sulfone groups is 2. The summed E-state index contributed by atoms with van der Waals surface area (Å²) in [5.74, 6) is -2.46. The lowest BCUT2D eigenvalue weighted by Crippen LogP contribution is -2.33. The van der Waals surface area contributed by atoms with Crippen LogP contribution >= 0.6 is 0 Å². The first-order chi connectivity index (χ1) is 13.9. The Bertz CT molecular complexity index is 1150. The summed E-state index contributed by atoms with van der Waals surface area (Å²) in [6.07, 6.45) is -4.24. The Hall–Kier alpha value is -1.93. The normalized spacial score (nSPS) is 18.6. The van der Waals surface area contributed by atoms with Crippen LogP contribution < -0.4 is 4.84 Å². The molecule has 1 fully saturated rings. The topological polar surface area (TPSA) is 117 Å². The van der Waals surface area contributed by atoms with Crippen molar-refractivity contribution in [1.82, 2.24) is 14.7 Å². The van der Waals surface area contributed by atoms with E-state index < -0.39 is 70.6 Å². The highest BCUT2D eigenvalue weighted by Crippen LogP contribution is 2.33. The van der Waals surface area contributed by atoms with Gasteiger partial charge in [0.1, 0.15) is 10.4 Å². The Kier molecular flexibility index (Phi) is 6.04. The average Bonchev–Trinajstić information content (AvgIpc) is 3.06. The average molecular weight is 471 g/mol. The minimum Gasteiger partial charge on any atom is -0.380 e. The van der Waals surface area contributed by atoms with Crippen molar-refractivity contribution >= 4 is 30.8 Å². The van der Waals surface area contributed by atoms with Crippen LogP contribution in [0.25, 0.3) is 11.2 Å². The molecule has 1 atom stereocenters. The standard InChI is InChI=1S/C16H20F3N3O6S2/c1-3-29(23,24)11-9-10-13(20-14(11)30(25,26)4-2)21-15(16(17,18)19)22(10)28-12-7-5-6-8-27-12/h9,12H,3-8H2,1-2H3. The second kappa shape index (κ2) is 7.96. The number of fused-ring (bicyclic) bond motifs is 1. The summed E-state index contributed by atoms with van der Waals surface area (Å²) >= 11 is 0. The molecule has 0 saturated carbocycles. The molecular weight excluding hydrogens is 451 g/mol. The molecule has 0 amide bonds. The third-order valence-electron chi connectivity index (χ3n) is 4.54. The van der Waals surface area contributed by atoms with Crippen LogP contribution in [0, 0.1) is 0 Å². The zero-order valence-electron chi connectivity index (χ0n) is 16.1. The fourth-order valence-electron chi connectivity index (χ4n) is 2.89. The van der Waals surface area contributed by atoms with Crippen LogP contribution in [0.4, 0.5) is 13.2 Å². The van der Waals surface area contributed by atoms with Gasteiger partial charge in [0.2, 0.25) is 6.29 Å². The quantitative estimate of drug-likeness (QED) is 0.628. The SMILES string of the molecule is CCS(=O)(=O)c1cc2c(nc1S(=O)(=O)CC)nc(C(F)(F)F)n2OC1CCCCO1. The van der Waals surface area contributed by atoms with Gasteiger partial charge in [-0.05, 0) is 18.9 Å². The molecule has 14 heteroatoms. The van der Waals surface area contributed by atoms with Crippen molar-refractivity contribution in [3.05, 3.63) is 11.9 Å². The van der Waals surface area contributed by atoms with Gasteiger partial charge in [-0.3, -0.25) is 0 Å². The molecule has 3 heterocycles. The number of halogens is 3. The van der Waals surface area contributed by atoms with E-state index in [9.17, 15) is 30.0 Å². The fourth-order valence-corrected chi connectivity index (χ4v) is 5.43. The van der Waals surface area contributed by atoms with E-state index in [0.29, 0.717) is 24.2 Å². The lowest BCUT2D eigenvalue weighted by Gasteiger charge is -2.24. The Labute approximate surface area is 171 Å². The first-order valence-electron chi connectivity index (χ1n) is 9.15. The lowest BCUT2D eigenvalue weighted by atomic mass is 10.2. The van der Waals surface area contributed by atoms with Gasteiger partial charge in [-0.15, -0.1) is 0 Å². The number of alkyl halides is 3. The second-order valence-corrected chi connectivity index (χ2v) is 11.0. The highest BCUT2D eigenvalue weighted by Gasteiger charge is 2.41. The fraction of sp³-hybridized carbons (Fsp3) is 0.625. The van der Waals surface area contributed by atoms with Gasteiger partial charge in [0.15, 0.2) is 30.3 Å².